The van der Waals surface area contributed by atoms with Gasteiger partial charge in [-0.25, -0.2) is 8.42 Å². The van der Waals surface area contributed by atoms with Gasteiger partial charge in [0.1, 0.15) is 5.92 Å². The number of halogens is 1. The van der Waals surface area contributed by atoms with E-state index in [-0.39, 0.29) is 0 Å². The highest BCUT2D eigenvalue weighted by atomic mass is 35.5. The minimum Gasteiger partial charge on any atom is -0.298 e. The Labute approximate surface area is 137 Å². The van der Waals surface area contributed by atoms with E-state index in [9.17, 15) is 22.8 Å². The summed E-state index contributed by atoms with van der Waals surface area (Å²) in [4.78, 5) is 36.4. The van der Waals surface area contributed by atoms with Crippen molar-refractivity contribution in [3.8, 4) is 0 Å². The standard InChI is InChI=1S/C14H13ClO5S/c1-21(19,20)8-5-6-9(10(15)7-8)14(18)13-11(16)3-2-4-12(13)17/h5-7,13H,2-4H2,1H3/i1D3,3D2,4D2. The van der Waals surface area contributed by atoms with Crippen LogP contribution in [0.25, 0.3) is 0 Å². The van der Waals surface area contributed by atoms with Gasteiger partial charge in [-0.2, -0.15) is 0 Å². The number of hydrogen-bond donors (Lipinski definition) is 0. The Hall–Kier alpha value is -1.53. The zero-order chi connectivity index (χ0) is 21.9. The van der Waals surface area contributed by atoms with Crippen molar-refractivity contribution in [2.24, 2.45) is 5.92 Å². The monoisotopic (exact) mass is 335 g/mol. The van der Waals surface area contributed by atoms with Crippen LogP contribution >= 0.6 is 11.6 Å². The molecule has 5 nitrogen and oxygen atoms in total. The molecule has 0 unspecified atom stereocenters. The highest BCUT2D eigenvalue weighted by Crippen LogP contribution is 2.27. The Morgan fingerprint density at radius 2 is 1.95 bits per heavy atom. The lowest BCUT2D eigenvalue weighted by molar-refractivity contribution is -0.133. The molecule has 1 aromatic rings. The molecule has 0 N–H and O–H groups in total. The lowest BCUT2D eigenvalue weighted by Crippen LogP contribution is -2.35. The molecule has 0 bridgehead atoms. The van der Waals surface area contributed by atoms with Gasteiger partial charge in [0.25, 0.3) is 0 Å². The maximum atomic E-state index is 12.7. The van der Waals surface area contributed by atoms with Crippen LogP contribution in [-0.4, -0.2) is 32.0 Å². The number of hydrogen-bond acceptors (Lipinski definition) is 5. The molecule has 0 aromatic heterocycles. The molecule has 1 saturated carbocycles. The summed E-state index contributed by atoms with van der Waals surface area (Å²) in [6.45, 7) is 0. The third kappa shape index (κ3) is 3.22. The number of carbonyl (C=O) groups is 3. The summed E-state index contributed by atoms with van der Waals surface area (Å²) in [7, 11) is -4.77. The van der Waals surface area contributed by atoms with Crippen molar-refractivity contribution in [2.45, 2.75) is 24.1 Å². The van der Waals surface area contributed by atoms with Crippen molar-refractivity contribution in [1.29, 1.82) is 0 Å². The Balaban J connectivity index is 2.53. The summed E-state index contributed by atoms with van der Waals surface area (Å²) >= 11 is 5.86. The summed E-state index contributed by atoms with van der Waals surface area (Å²) in [6.07, 6.45) is -9.96. The first-order chi connectivity index (χ1) is 12.4. The fraction of sp³-hybridized carbons (Fsp3) is 0.357. The van der Waals surface area contributed by atoms with E-state index in [0.717, 1.165) is 12.1 Å². The third-order valence-corrected chi connectivity index (χ3v) is 4.02. The summed E-state index contributed by atoms with van der Waals surface area (Å²) in [5.74, 6) is -6.44. The van der Waals surface area contributed by atoms with E-state index >= 15 is 0 Å². The predicted octanol–water partition coefficient (Wildman–Crippen LogP) is 1.86. The highest BCUT2D eigenvalue weighted by Gasteiger charge is 2.37. The van der Waals surface area contributed by atoms with Crippen molar-refractivity contribution in [2.75, 3.05) is 6.18 Å². The van der Waals surface area contributed by atoms with Crippen LogP contribution in [0.4, 0.5) is 0 Å². The topological polar surface area (TPSA) is 85.3 Å². The molecule has 0 radical (unpaired) electrons. The van der Waals surface area contributed by atoms with E-state index in [1.807, 2.05) is 0 Å². The van der Waals surface area contributed by atoms with Gasteiger partial charge in [-0.15, -0.1) is 0 Å². The lowest BCUT2D eigenvalue weighted by Gasteiger charge is -2.18. The number of rotatable bonds is 3. The number of sulfone groups is 1. The maximum Gasteiger partial charge on any atom is 0.182 e. The van der Waals surface area contributed by atoms with Crippen molar-refractivity contribution in [1.82, 2.24) is 0 Å². The molecule has 21 heavy (non-hydrogen) atoms. The molecule has 1 aromatic carbocycles. The Kier molecular flexibility index (Phi) is 2.39. The molecule has 0 atom stereocenters. The number of Topliss-reactive ketones (excluding diaryl/α,β-unsaturated/α-hetero) is 3. The molecule has 0 heterocycles. The summed E-state index contributed by atoms with van der Waals surface area (Å²) < 4.78 is 75.4. The lowest BCUT2D eigenvalue weighted by atomic mass is 9.82. The smallest absolute Gasteiger partial charge is 0.182 e. The largest absolute Gasteiger partial charge is 0.298 e. The number of carbonyl (C=O) groups excluding carboxylic acids is 3. The SMILES string of the molecule is [2H]C1([2H])CC([2H])([2H])C(=O)C(C(=O)c2ccc(S(=O)(=O)C([2H])([2H])[2H])cc2Cl)C1=O. The first-order valence-electron chi connectivity index (χ1n) is 9.10. The second kappa shape index (κ2) is 5.69. The first kappa shape index (κ1) is 8.80. The second-order valence-corrected chi connectivity index (χ2v) is 6.09. The minimum absolute atomic E-state index is 0.536. The van der Waals surface area contributed by atoms with Crippen LogP contribution in [0.1, 0.15) is 39.1 Å². The molecule has 1 aliphatic carbocycles. The summed E-state index contributed by atoms with van der Waals surface area (Å²) in [5, 5.41) is -0.581. The van der Waals surface area contributed by atoms with E-state index in [1.165, 1.54) is 0 Å². The second-order valence-electron chi connectivity index (χ2n) is 4.20. The normalized spacial score (nSPS) is 27.4. The van der Waals surface area contributed by atoms with Crippen LogP contribution in [0.3, 0.4) is 0 Å². The van der Waals surface area contributed by atoms with Crippen LogP contribution < -0.4 is 0 Å². The molecule has 7 heteroatoms. The Bertz CT molecular complexity index is 958. The molecular formula is C14H13ClO5S. The van der Waals surface area contributed by atoms with Gasteiger partial charge in [-0.3, -0.25) is 14.4 Å². The van der Waals surface area contributed by atoms with E-state index < -0.39 is 73.9 Å². The quantitative estimate of drug-likeness (QED) is 0.621. The zero-order valence-corrected chi connectivity index (χ0v) is 11.9. The van der Waals surface area contributed by atoms with E-state index in [0.29, 0.717) is 6.07 Å². The number of benzene rings is 1. The fourth-order valence-corrected chi connectivity index (χ4v) is 2.66. The van der Waals surface area contributed by atoms with E-state index in [4.69, 9.17) is 21.2 Å². The van der Waals surface area contributed by atoms with Crippen LogP contribution in [0.5, 0.6) is 0 Å². The van der Waals surface area contributed by atoms with Gasteiger partial charge >= 0.3 is 0 Å². The minimum atomic E-state index is -4.77. The molecule has 2 rings (SSSR count). The van der Waals surface area contributed by atoms with Gasteiger partial charge in [0, 0.05) is 34.1 Å². The van der Waals surface area contributed by atoms with Gasteiger partial charge in [-0.05, 0) is 24.6 Å². The van der Waals surface area contributed by atoms with Crippen LogP contribution in [0, 0.1) is 5.92 Å². The van der Waals surface area contributed by atoms with Gasteiger partial charge in [-0.1, -0.05) is 11.6 Å². The summed E-state index contributed by atoms with van der Waals surface area (Å²) in [5.41, 5.74) is -0.536. The van der Waals surface area contributed by atoms with Crippen LogP contribution in [0.15, 0.2) is 23.1 Å². The molecule has 1 aliphatic rings. The fourth-order valence-electron chi connectivity index (χ4n) is 1.80. The van der Waals surface area contributed by atoms with Crippen molar-refractivity contribution >= 4 is 38.8 Å². The van der Waals surface area contributed by atoms with Crippen molar-refractivity contribution < 1.29 is 32.4 Å². The number of ketones is 3. The zero-order valence-electron chi connectivity index (χ0n) is 17.3. The maximum absolute atomic E-state index is 12.7. The average molecular weight is 336 g/mol. The van der Waals surface area contributed by atoms with E-state index in [1.54, 1.807) is 0 Å². The molecule has 112 valence electrons. The summed E-state index contributed by atoms with van der Waals surface area (Å²) in [6, 6.07) is 2.21. The van der Waals surface area contributed by atoms with Gasteiger partial charge < -0.3 is 0 Å². The molecule has 0 spiro atoms. The average Bonchev–Trinajstić information content (AvgIpc) is 2.51. The highest BCUT2D eigenvalue weighted by molar-refractivity contribution is 7.90. The molecule has 0 saturated heterocycles. The third-order valence-electron chi connectivity index (χ3n) is 2.83. The molecule has 1 fully saturated rings. The van der Waals surface area contributed by atoms with Gasteiger partial charge in [0.05, 0.1) is 9.92 Å². The van der Waals surface area contributed by atoms with E-state index in [2.05, 4.69) is 0 Å². The Morgan fingerprint density at radius 1 is 1.33 bits per heavy atom. The predicted molar refractivity (Wildman–Crippen MR) is 76.2 cm³/mol. The van der Waals surface area contributed by atoms with Gasteiger partial charge in [0.2, 0.25) is 0 Å². The van der Waals surface area contributed by atoms with Crippen LogP contribution in [0.2, 0.25) is 5.02 Å². The molecular weight excluding hydrogens is 316 g/mol. The first-order valence-corrected chi connectivity index (χ1v) is 7.47. The van der Waals surface area contributed by atoms with Crippen LogP contribution in [-0.2, 0) is 19.4 Å². The Morgan fingerprint density at radius 3 is 2.48 bits per heavy atom. The molecule has 0 amide bonds. The van der Waals surface area contributed by atoms with Gasteiger partial charge in [0.15, 0.2) is 27.2 Å². The van der Waals surface area contributed by atoms with Crippen molar-refractivity contribution in [3.05, 3.63) is 28.8 Å². The molecule has 0 aliphatic heterocycles. The van der Waals surface area contributed by atoms with Crippen molar-refractivity contribution in [3.63, 3.8) is 0 Å².